The van der Waals surface area contributed by atoms with E-state index in [4.69, 9.17) is 16.3 Å². The summed E-state index contributed by atoms with van der Waals surface area (Å²) in [5, 5.41) is 19.8. The third kappa shape index (κ3) is 3.76. The van der Waals surface area contributed by atoms with Crippen molar-refractivity contribution in [3.63, 3.8) is 0 Å². The highest BCUT2D eigenvalue weighted by Gasteiger charge is 2.23. The molecule has 5 nitrogen and oxygen atoms in total. The van der Waals surface area contributed by atoms with Crippen LogP contribution in [0.15, 0.2) is 54.1 Å². The molecule has 0 bridgehead atoms. The summed E-state index contributed by atoms with van der Waals surface area (Å²) in [7, 11) is 0. The van der Waals surface area contributed by atoms with E-state index in [1.165, 1.54) is 6.08 Å². The van der Waals surface area contributed by atoms with Gasteiger partial charge >= 0.3 is 5.97 Å². The number of nitrogens with zero attached hydrogens (tertiary/aromatic N) is 3. The molecule has 0 saturated heterocycles. The number of ether oxygens (including phenoxy) is 1. The minimum atomic E-state index is -0.505. The Labute approximate surface area is 167 Å². The molecule has 6 heteroatoms. The summed E-state index contributed by atoms with van der Waals surface area (Å²) in [6.07, 6.45) is 1.44. The van der Waals surface area contributed by atoms with Crippen molar-refractivity contribution in [1.82, 2.24) is 4.57 Å². The number of rotatable bonds is 5. The summed E-state index contributed by atoms with van der Waals surface area (Å²) < 4.78 is 7.11. The van der Waals surface area contributed by atoms with Gasteiger partial charge in [0.1, 0.15) is 23.4 Å². The SMILES string of the molecule is CCOC(=O)c1c(C=C(C#N)C#N)c2ccccc2n1Cc1ccc(Cl)cc1. The molecule has 1 aromatic heterocycles. The normalized spacial score (nSPS) is 10.1. The van der Waals surface area contributed by atoms with Crippen LogP contribution in [0, 0.1) is 22.7 Å². The maximum absolute atomic E-state index is 12.8. The summed E-state index contributed by atoms with van der Waals surface area (Å²) in [4.78, 5) is 12.8. The molecular weight excluding hydrogens is 374 g/mol. The molecule has 1 heterocycles. The van der Waals surface area contributed by atoms with Crippen LogP contribution in [0.3, 0.4) is 0 Å². The van der Waals surface area contributed by atoms with Gasteiger partial charge in [-0.05, 0) is 36.8 Å². The summed E-state index contributed by atoms with van der Waals surface area (Å²) in [5.41, 5.74) is 2.48. The van der Waals surface area contributed by atoms with Crippen LogP contribution < -0.4 is 0 Å². The smallest absolute Gasteiger partial charge is 0.355 e. The monoisotopic (exact) mass is 389 g/mol. The predicted octanol–water partition coefficient (Wildman–Crippen LogP) is 4.95. The van der Waals surface area contributed by atoms with Crippen molar-refractivity contribution < 1.29 is 9.53 Å². The van der Waals surface area contributed by atoms with E-state index < -0.39 is 5.97 Å². The third-order valence-corrected chi connectivity index (χ3v) is 4.51. The van der Waals surface area contributed by atoms with E-state index in [2.05, 4.69) is 0 Å². The number of carbonyl (C=O) groups is 1. The zero-order valence-corrected chi connectivity index (χ0v) is 15.9. The molecule has 138 valence electrons. The van der Waals surface area contributed by atoms with Crippen molar-refractivity contribution in [2.75, 3.05) is 6.61 Å². The fourth-order valence-corrected chi connectivity index (χ4v) is 3.19. The van der Waals surface area contributed by atoms with Gasteiger partial charge in [0.2, 0.25) is 0 Å². The number of fused-ring (bicyclic) bond motifs is 1. The van der Waals surface area contributed by atoms with Gasteiger partial charge < -0.3 is 9.30 Å². The van der Waals surface area contributed by atoms with Gasteiger partial charge in [-0.3, -0.25) is 0 Å². The van der Waals surface area contributed by atoms with Gasteiger partial charge in [-0.1, -0.05) is 41.9 Å². The number of carbonyl (C=O) groups excluding carboxylic acids is 1. The molecule has 0 fully saturated rings. The second-order valence-corrected chi connectivity index (χ2v) is 6.43. The number of esters is 1. The zero-order chi connectivity index (χ0) is 20.1. The van der Waals surface area contributed by atoms with Crippen LogP contribution >= 0.6 is 11.6 Å². The first kappa shape index (κ1) is 19.2. The highest BCUT2D eigenvalue weighted by Crippen LogP contribution is 2.30. The molecular formula is C22H16ClN3O2. The Morgan fingerprint density at radius 3 is 2.46 bits per heavy atom. The van der Waals surface area contributed by atoms with E-state index in [9.17, 15) is 15.3 Å². The second kappa shape index (κ2) is 8.43. The molecule has 0 saturated carbocycles. The van der Waals surface area contributed by atoms with Gasteiger partial charge in [0, 0.05) is 28.0 Å². The van der Waals surface area contributed by atoms with Crippen LogP contribution in [0.4, 0.5) is 0 Å². The fraction of sp³-hybridized carbons (Fsp3) is 0.136. The molecule has 0 aliphatic heterocycles. The topological polar surface area (TPSA) is 78.8 Å². The van der Waals surface area contributed by atoms with Crippen molar-refractivity contribution in [2.24, 2.45) is 0 Å². The number of hydrogen-bond donors (Lipinski definition) is 0. The number of benzene rings is 2. The van der Waals surface area contributed by atoms with Crippen LogP contribution in [0.25, 0.3) is 17.0 Å². The molecule has 0 spiro atoms. The van der Waals surface area contributed by atoms with Crippen LogP contribution in [0.2, 0.25) is 5.02 Å². The Kier molecular flexibility index (Phi) is 5.79. The molecule has 3 rings (SSSR count). The largest absolute Gasteiger partial charge is 0.461 e. The Morgan fingerprint density at radius 1 is 1.14 bits per heavy atom. The Morgan fingerprint density at radius 2 is 1.82 bits per heavy atom. The second-order valence-electron chi connectivity index (χ2n) is 5.99. The van der Waals surface area contributed by atoms with Gasteiger partial charge in [0.15, 0.2) is 0 Å². The number of hydrogen-bond acceptors (Lipinski definition) is 4. The number of aromatic nitrogens is 1. The molecule has 0 unspecified atom stereocenters. The minimum Gasteiger partial charge on any atom is -0.461 e. The molecule has 0 amide bonds. The first-order chi connectivity index (χ1) is 13.6. The number of nitriles is 2. The van der Waals surface area contributed by atoms with E-state index >= 15 is 0 Å². The van der Waals surface area contributed by atoms with Gasteiger partial charge in [0.05, 0.1) is 6.61 Å². The third-order valence-electron chi connectivity index (χ3n) is 4.26. The van der Waals surface area contributed by atoms with E-state index in [-0.39, 0.29) is 12.2 Å². The van der Waals surface area contributed by atoms with E-state index in [1.807, 2.05) is 53.1 Å². The van der Waals surface area contributed by atoms with Crippen LogP contribution in [0.5, 0.6) is 0 Å². The van der Waals surface area contributed by atoms with Crippen LogP contribution in [0.1, 0.15) is 28.5 Å². The molecule has 0 N–H and O–H groups in total. The predicted molar refractivity (Wildman–Crippen MR) is 108 cm³/mol. The highest BCUT2D eigenvalue weighted by atomic mass is 35.5. The number of para-hydroxylation sites is 1. The number of halogens is 1. The minimum absolute atomic E-state index is 0.0834. The van der Waals surface area contributed by atoms with Crippen LogP contribution in [-0.2, 0) is 11.3 Å². The standard InChI is InChI=1S/C22H16ClN3O2/c1-2-28-22(27)21-19(11-16(12-24)13-25)18-5-3-4-6-20(18)26(21)14-15-7-9-17(23)10-8-15/h3-11H,2,14H2,1H3. The average molecular weight is 390 g/mol. The first-order valence-corrected chi connectivity index (χ1v) is 9.01. The van der Waals surface area contributed by atoms with E-state index in [0.29, 0.717) is 22.8 Å². The molecule has 0 aliphatic carbocycles. The van der Waals surface area contributed by atoms with E-state index in [1.54, 1.807) is 19.1 Å². The Hall–Kier alpha value is -3.54. The summed E-state index contributed by atoms with van der Waals surface area (Å²) in [5.74, 6) is -0.505. The van der Waals surface area contributed by atoms with Gasteiger partial charge in [0.25, 0.3) is 0 Å². The zero-order valence-electron chi connectivity index (χ0n) is 15.1. The van der Waals surface area contributed by atoms with Crippen molar-refractivity contribution >= 4 is 34.5 Å². The first-order valence-electron chi connectivity index (χ1n) is 8.63. The van der Waals surface area contributed by atoms with Crippen molar-refractivity contribution in [3.8, 4) is 12.1 Å². The molecule has 0 aliphatic rings. The molecule has 2 aromatic carbocycles. The highest BCUT2D eigenvalue weighted by molar-refractivity contribution is 6.30. The number of allylic oxidation sites excluding steroid dienone is 1. The molecule has 3 aromatic rings. The molecule has 0 atom stereocenters. The molecule has 0 radical (unpaired) electrons. The Balaban J connectivity index is 2.29. The maximum Gasteiger partial charge on any atom is 0.355 e. The van der Waals surface area contributed by atoms with Crippen LogP contribution in [-0.4, -0.2) is 17.1 Å². The van der Waals surface area contributed by atoms with Crippen molar-refractivity contribution in [2.45, 2.75) is 13.5 Å². The summed E-state index contributed by atoms with van der Waals surface area (Å²) in [6, 6.07) is 18.5. The lowest BCUT2D eigenvalue weighted by Crippen LogP contribution is -2.14. The quantitative estimate of drug-likeness (QED) is 0.456. The van der Waals surface area contributed by atoms with E-state index in [0.717, 1.165) is 16.5 Å². The average Bonchev–Trinajstić information content (AvgIpc) is 3.01. The summed E-state index contributed by atoms with van der Waals surface area (Å²) in [6.45, 7) is 2.36. The van der Waals surface area contributed by atoms with Crippen molar-refractivity contribution in [3.05, 3.63) is 75.9 Å². The maximum atomic E-state index is 12.8. The lowest BCUT2D eigenvalue weighted by molar-refractivity contribution is 0.0514. The van der Waals surface area contributed by atoms with Gasteiger partial charge in [-0.25, -0.2) is 4.79 Å². The lowest BCUT2D eigenvalue weighted by Gasteiger charge is -2.11. The summed E-state index contributed by atoms with van der Waals surface area (Å²) >= 11 is 5.98. The van der Waals surface area contributed by atoms with Gasteiger partial charge in [-0.2, -0.15) is 10.5 Å². The van der Waals surface area contributed by atoms with Gasteiger partial charge in [-0.15, -0.1) is 0 Å². The van der Waals surface area contributed by atoms with Crippen molar-refractivity contribution in [1.29, 1.82) is 10.5 Å². The Bertz CT molecular complexity index is 1130. The fourth-order valence-electron chi connectivity index (χ4n) is 3.07. The molecule has 28 heavy (non-hydrogen) atoms. The lowest BCUT2D eigenvalue weighted by atomic mass is 10.1.